The fraction of sp³-hybridized carbons (Fsp3) is 0.333. The van der Waals surface area contributed by atoms with Crippen LogP contribution in [0.3, 0.4) is 0 Å². The van der Waals surface area contributed by atoms with Crippen LogP contribution in [-0.4, -0.2) is 13.7 Å². The predicted molar refractivity (Wildman–Crippen MR) is 90.1 cm³/mol. The summed E-state index contributed by atoms with van der Waals surface area (Å²) in [5.41, 5.74) is 2.23. The smallest absolute Gasteiger partial charge is 0.165 e. The van der Waals surface area contributed by atoms with Crippen molar-refractivity contribution in [3.8, 4) is 5.75 Å². The minimum Gasteiger partial charge on any atom is -0.494 e. The van der Waals surface area contributed by atoms with Crippen LogP contribution >= 0.6 is 33.9 Å². The first-order valence-electron chi connectivity index (χ1n) is 6.43. The fourth-order valence-electron chi connectivity index (χ4n) is 2.13. The molecule has 0 aliphatic carbocycles. The van der Waals surface area contributed by atoms with Gasteiger partial charge in [-0.25, -0.2) is 4.39 Å². The van der Waals surface area contributed by atoms with E-state index in [-0.39, 0.29) is 11.9 Å². The zero-order valence-electron chi connectivity index (χ0n) is 11.5. The van der Waals surface area contributed by atoms with Crippen LogP contribution in [0.1, 0.15) is 24.1 Å². The van der Waals surface area contributed by atoms with E-state index < -0.39 is 0 Å². The van der Waals surface area contributed by atoms with Crippen LogP contribution in [0.5, 0.6) is 5.75 Å². The molecule has 0 spiro atoms. The molecular weight excluding hydrogens is 388 g/mol. The molecule has 1 atom stereocenters. The molecule has 2 nitrogen and oxygen atoms in total. The van der Waals surface area contributed by atoms with Gasteiger partial charge in [-0.1, -0.05) is 13.0 Å². The van der Waals surface area contributed by atoms with Gasteiger partial charge in [0.15, 0.2) is 11.6 Å². The maximum atomic E-state index is 13.7. The van der Waals surface area contributed by atoms with E-state index in [4.69, 9.17) is 4.74 Å². The van der Waals surface area contributed by atoms with Gasteiger partial charge in [0.25, 0.3) is 0 Å². The van der Waals surface area contributed by atoms with Crippen molar-refractivity contribution in [1.82, 2.24) is 5.32 Å². The quantitative estimate of drug-likeness (QED) is 0.720. The number of ether oxygens (including phenoxy) is 1. The monoisotopic (exact) mass is 405 g/mol. The summed E-state index contributed by atoms with van der Waals surface area (Å²) < 4.78 is 20.0. The van der Waals surface area contributed by atoms with Crippen molar-refractivity contribution in [3.05, 3.63) is 49.5 Å². The number of nitrogens with one attached hydrogen (secondary N) is 1. The summed E-state index contributed by atoms with van der Waals surface area (Å²) in [6.07, 6.45) is 0.765. The number of likely N-dealkylation sites (N-methyl/N-ethyl adjacent to an activating group) is 1. The molecule has 0 aliphatic rings. The Morgan fingerprint density at radius 2 is 2.20 bits per heavy atom. The highest BCUT2D eigenvalue weighted by molar-refractivity contribution is 14.1. The summed E-state index contributed by atoms with van der Waals surface area (Å²) in [6.45, 7) is 2.97. The van der Waals surface area contributed by atoms with Gasteiger partial charge in [-0.05, 0) is 70.3 Å². The van der Waals surface area contributed by atoms with Crippen LogP contribution in [0.15, 0.2) is 29.6 Å². The molecule has 1 aromatic carbocycles. The van der Waals surface area contributed by atoms with Crippen molar-refractivity contribution in [3.63, 3.8) is 0 Å². The van der Waals surface area contributed by atoms with Crippen LogP contribution in [0.4, 0.5) is 4.39 Å². The molecule has 1 N–H and O–H groups in total. The van der Waals surface area contributed by atoms with E-state index in [1.54, 1.807) is 23.5 Å². The van der Waals surface area contributed by atoms with Gasteiger partial charge >= 0.3 is 0 Å². The minimum absolute atomic E-state index is 0.215. The van der Waals surface area contributed by atoms with Gasteiger partial charge in [-0.15, -0.1) is 11.3 Å². The second-order valence-electron chi connectivity index (χ2n) is 4.47. The zero-order chi connectivity index (χ0) is 14.5. The van der Waals surface area contributed by atoms with Crippen LogP contribution in [-0.2, 0) is 6.42 Å². The van der Waals surface area contributed by atoms with E-state index >= 15 is 0 Å². The van der Waals surface area contributed by atoms with Crippen LogP contribution < -0.4 is 10.1 Å². The summed E-state index contributed by atoms with van der Waals surface area (Å²) in [7, 11) is 1.48. The van der Waals surface area contributed by atoms with E-state index in [2.05, 4.69) is 46.3 Å². The molecule has 0 radical (unpaired) electrons. The SMILES string of the molecule is CCNC(Cc1ccc(OC)c(F)c1)c1csc(I)c1. The number of halogens is 2. The molecule has 0 saturated heterocycles. The fourth-order valence-corrected chi connectivity index (χ4v) is 3.56. The summed E-state index contributed by atoms with van der Waals surface area (Å²) >= 11 is 4.05. The first kappa shape index (κ1) is 15.7. The van der Waals surface area contributed by atoms with Crippen LogP contribution in [0.25, 0.3) is 0 Å². The molecule has 2 rings (SSSR count). The molecule has 0 amide bonds. The third-order valence-corrected chi connectivity index (χ3v) is 4.90. The normalized spacial score (nSPS) is 12.4. The summed E-state index contributed by atoms with van der Waals surface area (Å²) in [5, 5.41) is 5.62. The van der Waals surface area contributed by atoms with Crippen LogP contribution in [0.2, 0.25) is 0 Å². The highest BCUT2D eigenvalue weighted by Gasteiger charge is 2.14. The summed E-state index contributed by atoms with van der Waals surface area (Å²) in [5.74, 6) is -0.0148. The molecule has 0 fully saturated rings. The lowest BCUT2D eigenvalue weighted by Crippen LogP contribution is -2.22. The molecular formula is C15H17FINOS. The lowest BCUT2D eigenvalue weighted by molar-refractivity contribution is 0.386. The Morgan fingerprint density at radius 1 is 1.40 bits per heavy atom. The standard InChI is InChI=1S/C15H17FINOS/c1-3-18-13(11-8-15(17)20-9-11)7-10-4-5-14(19-2)12(16)6-10/h4-6,8-9,13,18H,3,7H2,1-2H3. The molecule has 20 heavy (non-hydrogen) atoms. The number of benzene rings is 1. The molecule has 108 valence electrons. The highest BCUT2D eigenvalue weighted by atomic mass is 127. The first-order chi connectivity index (χ1) is 9.63. The Bertz CT molecular complexity index is 573. The van der Waals surface area contributed by atoms with E-state index in [9.17, 15) is 4.39 Å². The van der Waals surface area contributed by atoms with Crippen molar-refractivity contribution < 1.29 is 9.13 Å². The number of hydrogen-bond acceptors (Lipinski definition) is 3. The molecule has 2 aromatic rings. The van der Waals surface area contributed by atoms with Crippen molar-refractivity contribution in [1.29, 1.82) is 0 Å². The Balaban J connectivity index is 2.17. The van der Waals surface area contributed by atoms with Gasteiger partial charge in [0.05, 0.1) is 9.99 Å². The number of hydrogen-bond donors (Lipinski definition) is 1. The average molecular weight is 405 g/mol. The van der Waals surface area contributed by atoms with Crippen molar-refractivity contribution in [2.45, 2.75) is 19.4 Å². The lowest BCUT2D eigenvalue weighted by Gasteiger charge is -2.17. The van der Waals surface area contributed by atoms with Crippen molar-refractivity contribution >= 4 is 33.9 Å². The zero-order valence-corrected chi connectivity index (χ0v) is 14.4. The van der Waals surface area contributed by atoms with E-state index in [1.165, 1.54) is 15.6 Å². The largest absolute Gasteiger partial charge is 0.494 e. The van der Waals surface area contributed by atoms with Gasteiger partial charge < -0.3 is 10.1 Å². The summed E-state index contributed by atoms with van der Waals surface area (Å²) in [6, 6.07) is 7.56. The lowest BCUT2D eigenvalue weighted by atomic mass is 10.0. The third-order valence-electron chi connectivity index (χ3n) is 3.10. The topological polar surface area (TPSA) is 21.3 Å². The molecule has 1 aromatic heterocycles. The van der Waals surface area contributed by atoms with Gasteiger partial charge in [0.2, 0.25) is 0 Å². The Kier molecular flexibility index (Phi) is 5.80. The van der Waals surface area contributed by atoms with Gasteiger partial charge in [0, 0.05) is 6.04 Å². The molecule has 1 unspecified atom stereocenters. The Morgan fingerprint density at radius 3 is 2.75 bits per heavy atom. The second-order valence-corrected chi connectivity index (χ2v) is 7.27. The molecule has 0 saturated carbocycles. The molecule has 0 aliphatic heterocycles. The van der Waals surface area contributed by atoms with Crippen molar-refractivity contribution in [2.75, 3.05) is 13.7 Å². The van der Waals surface area contributed by atoms with Gasteiger partial charge in [0.1, 0.15) is 0 Å². The average Bonchev–Trinajstić information content (AvgIpc) is 2.85. The van der Waals surface area contributed by atoms with Gasteiger partial charge in [-0.3, -0.25) is 0 Å². The van der Waals surface area contributed by atoms with Crippen LogP contribution in [0, 0.1) is 8.70 Å². The van der Waals surface area contributed by atoms with E-state index in [0.29, 0.717) is 5.75 Å². The third kappa shape index (κ3) is 3.93. The minimum atomic E-state index is -0.305. The molecule has 5 heteroatoms. The summed E-state index contributed by atoms with van der Waals surface area (Å²) in [4.78, 5) is 0. The number of thiophene rings is 1. The maximum Gasteiger partial charge on any atom is 0.165 e. The Labute approximate surface area is 136 Å². The van der Waals surface area contributed by atoms with E-state index in [0.717, 1.165) is 18.5 Å². The second kappa shape index (κ2) is 7.38. The highest BCUT2D eigenvalue weighted by Crippen LogP contribution is 2.26. The number of rotatable bonds is 6. The maximum absolute atomic E-state index is 13.7. The van der Waals surface area contributed by atoms with E-state index in [1.807, 2.05) is 6.07 Å². The predicted octanol–water partition coefficient (Wildman–Crippen LogP) is 4.39. The molecule has 0 bridgehead atoms. The number of methoxy groups -OCH3 is 1. The van der Waals surface area contributed by atoms with Crippen molar-refractivity contribution in [2.24, 2.45) is 0 Å². The Hall–Kier alpha value is -0.660. The first-order valence-corrected chi connectivity index (χ1v) is 8.39. The molecule has 1 heterocycles. The van der Waals surface area contributed by atoms with Gasteiger partial charge in [-0.2, -0.15) is 0 Å².